The average Bonchev–Trinajstić information content (AvgIpc) is 3.25. The van der Waals surface area contributed by atoms with Crippen molar-refractivity contribution in [3.05, 3.63) is 77.6 Å². The first-order chi connectivity index (χ1) is 12.2. The molecule has 25 heavy (non-hydrogen) atoms. The van der Waals surface area contributed by atoms with Crippen LogP contribution in [0.15, 0.2) is 60.9 Å². The third-order valence-corrected chi connectivity index (χ3v) is 4.06. The number of aromatic nitrogens is 6. The predicted molar refractivity (Wildman–Crippen MR) is 95.4 cm³/mol. The first kappa shape index (κ1) is 15.3. The summed E-state index contributed by atoms with van der Waals surface area (Å²) in [6.45, 7) is 4.76. The standard InChI is InChI=1S/C19H18N6/c1-14-8-9-18(15(2)10-14)24-13-17(11-20-24)19-21-23-25(22-19)12-16-6-4-3-5-7-16/h3-11,13H,12H2,1-2H3. The molecule has 0 aliphatic rings. The molecular weight excluding hydrogens is 312 g/mol. The van der Waals surface area contributed by atoms with Crippen LogP contribution in [0.1, 0.15) is 16.7 Å². The summed E-state index contributed by atoms with van der Waals surface area (Å²) >= 11 is 0. The molecule has 0 bridgehead atoms. The predicted octanol–water partition coefficient (Wildman–Crippen LogP) is 3.19. The van der Waals surface area contributed by atoms with E-state index in [0.29, 0.717) is 12.4 Å². The first-order valence-corrected chi connectivity index (χ1v) is 8.13. The van der Waals surface area contributed by atoms with Crippen LogP contribution < -0.4 is 0 Å². The van der Waals surface area contributed by atoms with Crippen molar-refractivity contribution in [2.75, 3.05) is 0 Å². The monoisotopic (exact) mass is 330 g/mol. The van der Waals surface area contributed by atoms with Gasteiger partial charge in [0.05, 0.1) is 24.0 Å². The van der Waals surface area contributed by atoms with Gasteiger partial charge in [0.15, 0.2) is 0 Å². The van der Waals surface area contributed by atoms with Gasteiger partial charge in [0.25, 0.3) is 0 Å². The Morgan fingerprint density at radius 3 is 2.64 bits per heavy atom. The van der Waals surface area contributed by atoms with E-state index in [1.165, 1.54) is 11.1 Å². The molecule has 2 aromatic heterocycles. The summed E-state index contributed by atoms with van der Waals surface area (Å²) in [5.41, 5.74) is 5.44. The fourth-order valence-electron chi connectivity index (χ4n) is 2.80. The Morgan fingerprint density at radius 1 is 1.00 bits per heavy atom. The van der Waals surface area contributed by atoms with Gasteiger partial charge in [-0.25, -0.2) is 4.68 Å². The second-order valence-corrected chi connectivity index (χ2v) is 6.09. The second-order valence-electron chi connectivity index (χ2n) is 6.09. The normalized spacial score (nSPS) is 11.0. The summed E-state index contributed by atoms with van der Waals surface area (Å²) in [6.07, 6.45) is 3.70. The molecule has 0 atom stereocenters. The highest BCUT2D eigenvalue weighted by atomic mass is 15.6. The molecule has 2 heterocycles. The third kappa shape index (κ3) is 3.19. The number of benzene rings is 2. The minimum atomic E-state index is 0.576. The topological polar surface area (TPSA) is 61.4 Å². The molecule has 0 aliphatic heterocycles. The molecule has 6 heteroatoms. The van der Waals surface area contributed by atoms with Gasteiger partial charge in [0, 0.05) is 6.20 Å². The third-order valence-electron chi connectivity index (χ3n) is 4.06. The maximum absolute atomic E-state index is 4.46. The van der Waals surface area contributed by atoms with Crippen molar-refractivity contribution in [1.29, 1.82) is 0 Å². The van der Waals surface area contributed by atoms with Crippen LogP contribution in [0.5, 0.6) is 0 Å². The fourth-order valence-corrected chi connectivity index (χ4v) is 2.80. The zero-order chi connectivity index (χ0) is 17.2. The zero-order valence-corrected chi connectivity index (χ0v) is 14.2. The van der Waals surface area contributed by atoms with Crippen molar-refractivity contribution in [2.24, 2.45) is 0 Å². The van der Waals surface area contributed by atoms with Crippen LogP contribution in [0.2, 0.25) is 0 Å². The number of rotatable bonds is 4. The zero-order valence-electron chi connectivity index (χ0n) is 14.2. The Morgan fingerprint density at radius 2 is 1.84 bits per heavy atom. The molecule has 2 aromatic carbocycles. The number of hydrogen-bond donors (Lipinski definition) is 0. The van der Waals surface area contributed by atoms with E-state index < -0.39 is 0 Å². The minimum absolute atomic E-state index is 0.576. The summed E-state index contributed by atoms with van der Waals surface area (Å²) in [5.74, 6) is 0.576. The molecular formula is C19H18N6. The largest absolute Gasteiger partial charge is 0.240 e. The number of tetrazole rings is 1. The highest BCUT2D eigenvalue weighted by molar-refractivity contribution is 5.53. The molecule has 0 spiro atoms. The lowest BCUT2D eigenvalue weighted by atomic mass is 10.1. The molecule has 0 saturated carbocycles. The maximum Gasteiger partial charge on any atom is 0.208 e. The Bertz CT molecular complexity index is 1000. The molecule has 0 radical (unpaired) electrons. The number of nitrogens with zero attached hydrogens (tertiary/aromatic N) is 6. The van der Waals surface area contributed by atoms with Crippen molar-refractivity contribution in [3.8, 4) is 17.1 Å². The van der Waals surface area contributed by atoms with Gasteiger partial charge in [-0.2, -0.15) is 9.90 Å². The van der Waals surface area contributed by atoms with Gasteiger partial charge in [0.1, 0.15) is 0 Å². The number of hydrogen-bond acceptors (Lipinski definition) is 4. The van der Waals surface area contributed by atoms with Gasteiger partial charge in [-0.3, -0.25) is 0 Å². The average molecular weight is 330 g/mol. The van der Waals surface area contributed by atoms with E-state index in [4.69, 9.17) is 0 Å². The summed E-state index contributed by atoms with van der Waals surface area (Å²) in [4.78, 5) is 1.60. The van der Waals surface area contributed by atoms with Crippen molar-refractivity contribution in [2.45, 2.75) is 20.4 Å². The van der Waals surface area contributed by atoms with Crippen molar-refractivity contribution in [3.63, 3.8) is 0 Å². The van der Waals surface area contributed by atoms with Crippen LogP contribution in [-0.2, 0) is 6.54 Å². The molecule has 0 amide bonds. The van der Waals surface area contributed by atoms with Crippen LogP contribution in [0.25, 0.3) is 17.1 Å². The Hall–Kier alpha value is -3.28. The van der Waals surface area contributed by atoms with Crippen molar-refractivity contribution in [1.82, 2.24) is 30.0 Å². The summed E-state index contributed by atoms with van der Waals surface area (Å²) < 4.78 is 1.85. The van der Waals surface area contributed by atoms with E-state index in [9.17, 15) is 0 Å². The SMILES string of the molecule is Cc1ccc(-n2cc(-c3nnn(Cc4ccccc4)n3)cn2)c(C)c1. The molecule has 4 aromatic rings. The van der Waals surface area contributed by atoms with Crippen LogP contribution >= 0.6 is 0 Å². The Kier molecular flexibility index (Phi) is 3.85. The Balaban J connectivity index is 1.58. The smallest absolute Gasteiger partial charge is 0.208 e. The van der Waals surface area contributed by atoms with E-state index in [-0.39, 0.29) is 0 Å². The quantitative estimate of drug-likeness (QED) is 0.576. The molecule has 0 fully saturated rings. The van der Waals surface area contributed by atoms with E-state index in [2.05, 4.69) is 52.6 Å². The van der Waals surface area contributed by atoms with Crippen LogP contribution in [-0.4, -0.2) is 30.0 Å². The molecule has 0 N–H and O–H groups in total. The molecule has 0 aliphatic carbocycles. The van der Waals surface area contributed by atoms with Crippen LogP contribution in [0, 0.1) is 13.8 Å². The lowest BCUT2D eigenvalue weighted by molar-refractivity contribution is 0.573. The summed E-state index contributed by atoms with van der Waals surface area (Å²) in [6, 6.07) is 16.4. The van der Waals surface area contributed by atoms with Crippen LogP contribution in [0.4, 0.5) is 0 Å². The highest BCUT2D eigenvalue weighted by Crippen LogP contribution is 2.19. The first-order valence-electron chi connectivity index (χ1n) is 8.13. The van der Waals surface area contributed by atoms with E-state index in [1.807, 2.05) is 41.2 Å². The fraction of sp³-hybridized carbons (Fsp3) is 0.158. The van der Waals surface area contributed by atoms with Gasteiger partial charge < -0.3 is 0 Å². The molecule has 0 unspecified atom stereocenters. The Labute approximate surface area is 145 Å². The van der Waals surface area contributed by atoms with Gasteiger partial charge >= 0.3 is 0 Å². The van der Waals surface area contributed by atoms with Crippen LogP contribution in [0.3, 0.4) is 0 Å². The van der Waals surface area contributed by atoms with Crippen molar-refractivity contribution < 1.29 is 0 Å². The maximum atomic E-state index is 4.46. The van der Waals surface area contributed by atoms with Gasteiger partial charge in [-0.1, -0.05) is 48.0 Å². The minimum Gasteiger partial charge on any atom is -0.240 e. The molecule has 124 valence electrons. The van der Waals surface area contributed by atoms with Crippen molar-refractivity contribution >= 4 is 0 Å². The van der Waals surface area contributed by atoms with Gasteiger partial charge in [-0.15, -0.1) is 10.2 Å². The summed E-state index contributed by atoms with van der Waals surface area (Å²) in [5, 5.41) is 17.2. The van der Waals surface area contributed by atoms with E-state index >= 15 is 0 Å². The lowest BCUT2D eigenvalue weighted by Crippen LogP contribution is -2.03. The number of aryl methyl sites for hydroxylation is 2. The van der Waals surface area contributed by atoms with Gasteiger partial charge in [-0.05, 0) is 36.3 Å². The van der Waals surface area contributed by atoms with Gasteiger partial charge in [0.2, 0.25) is 5.82 Å². The molecule has 4 rings (SSSR count). The molecule has 0 saturated heterocycles. The lowest BCUT2D eigenvalue weighted by Gasteiger charge is -2.06. The molecule has 6 nitrogen and oxygen atoms in total. The van der Waals surface area contributed by atoms with E-state index in [0.717, 1.165) is 16.8 Å². The van der Waals surface area contributed by atoms with E-state index in [1.54, 1.807) is 11.0 Å². The highest BCUT2D eigenvalue weighted by Gasteiger charge is 2.11. The second kappa shape index (κ2) is 6.32. The summed E-state index contributed by atoms with van der Waals surface area (Å²) in [7, 11) is 0.